The monoisotopic (exact) mass is 434 g/mol. The number of thioether (sulfide) groups is 1. The second kappa shape index (κ2) is 10.5. The van der Waals surface area contributed by atoms with Crippen LogP contribution in [-0.2, 0) is 13.1 Å². The lowest BCUT2D eigenvalue weighted by atomic mass is 9.84. The Morgan fingerprint density at radius 3 is 2.59 bits per heavy atom. The normalized spacial score (nSPS) is 25.2. The van der Waals surface area contributed by atoms with Crippen LogP contribution in [0.5, 0.6) is 0 Å². The summed E-state index contributed by atoms with van der Waals surface area (Å²) >= 11 is 1.92. The third kappa shape index (κ3) is 5.22. The van der Waals surface area contributed by atoms with Crippen molar-refractivity contribution in [3.8, 4) is 0 Å². The molecule has 4 heterocycles. The predicted octanol–water partition coefficient (Wildman–Crippen LogP) is 1.88. The van der Waals surface area contributed by atoms with Crippen LogP contribution in [0.25, 0.3) is 0 Å². The molecular formula is C19H32Cl2N4OS. The topological polar surface area (TPSA) is 40.5 Å². The van der Waals surface area contributed by atoms with Crippen LogP contribution in [0.2, 0.25) is 0 Å². The maximum absolute atomic E-state index is 13.0. The Kier molecular flexibility index (Phi) is 8.97. The molecule has 2 bridgehead atoms. The summed E-state index contributed by atoms with van der Waals surface area (Å²) in [7, 11) is 0. The molecule has 0 spiro atoms. The summed E-state index contributed by atoms with van der Waals surface area (Å²) in [6.07, 6.45) is 3.41. The Balaban J connectivity index is 0.00000131. The molecule has 1 aromatic heterocycles. The van der Waals surface area contributed by atoms with Gasteiger partial charge in [0, 0.05) is 75.3 Å². The molecule has 5 nitrogen and oxygen atoms in total. The van der Waals surface area contributed by atoms with Gasteiger partial charge in [-0.3, -0.25) is 14.6 Å². The smallest absolute Gasteiger partial charge is 0.255 e. The minimum atomic E-state index is 0. The third-order valence-electron chi connectivity index (χ3n) is 6.06. The van der Waals surface area contributed by atoms with Gasteiger partial charge in [-0.1, -0.05) is 6.07 Å². The van der Waals surface area contributed by atoms with Crippen LogP contribution in [0.3, 0.4) is 0 Å². The van der Waals surface area contributed by atoms with E-state index in [9.17, 15) is 4.79 Å². The fourth-order valence-electron chi connectivity index (χ4n) is 4.59. The molecule has 154 valence electrons. The molecule has 0 amide bonds. The lowest BCUT2D eigenvalue weighted by molar-refractivity contribution is 0.132. The Morgan fingerprint density at radius 1 is 1.11 bits per heavy atom. The zero-order valence-electron chi connectivity index (χ0n) is 16.1. The highest BCUT2D eigenvalue weighted by Crippen LogP contribution is 2.31. The van der Waals surface area contributed by atoms with Crippen molar-refractivity contribution in [2.24, 2.45) is 5.92 Å². The molecule has 0 radical (unpaired) electrons. The standard InChI is InChI=1S/C19H30N4OS.2ClH/c1-25-9-8-21-4-6-22(7-5-21)14-16-2-3-18-17-10-15(11-20-12-17)13-23(18)19(16)24;;/h2-3,15,17,20H,4-14H2,1H3;2*1H/t15-,17+;;/m0../s1. The van der Waals surface area contributed by atoms with Crippen molar-refractivity contribution >= 4 is 36.6 Å². The molecule has 4 rings (SSSR count). The minimum Gasteiger partial charge on any atom is -0.316 e. The first kappa shape index (κ1) is 23.0. The number of piperidine rings is 1. The summed E-state index contributed by atoms with van der Waals surface area (Å²) < 4.78 is 2.09. The van der Waals surface area contributed by atoms with E-state index in [4.69, 9.17) is 0 Å². The van der Waals surface area contributed by atoms with Crippen LogP contribution in [0.4, 0.5) is 0 Å². The van der Waals surface area contributed by atoms with E-state index in [1.54, 1.807) is 0 Å². The van der Waals surface area contributed by atoms with E-state index in [0.717, 1.165) is 57.9 Å². The van der Waals surface area contributed by atoms with E-state index in [2.05, 4.69) is 38.1 Å². The number of halogens is 2. The number of aromatic nitrogens is 1. The first-order chi connectivity index (χ1) is 12.2. The minimum absolute atomic E-state index is 0. The molecule has 0 saturated carbocycles. The summed E-state index contributed by atoms with van der Waals surface area (Å²) in [6, 6.07) is 4.32. The van der Waals surface area contributed by atoms with Crippen molar-refractivity contribution in [1.29, 1.82) is 0 Å². The van der Waals surface area contributed by atoms with E-state index < -0.39 is 0 Å². The maximum atomic E-state index is 13.0. The molecular weight excluding hydrogens is 403 g/mol. The Hall–Kier alpha value is -0.240. The van der Waals surface area contributed by atoms with Crippen molar-refractivity contribution in [3.05, 3.63) is 33.7 Å². The summed E-state index contributed by atoms with van der Waals surface area (Å²) in [5.41, 5.74) is 2.49. The summed E-state index contributed by atoms with van der Waals surface area (Å²) in [5, 5.41) is 3.52. The number of pyridine rings is 1. The van der Waals surface area contributed by atoms with Crippen molar-refractivity contribution in [1.82, 2.24) is 19.7 Å². The fraction of sp³-hybridized carbons (Fsp3) is 0.737. The third-order valence-corrected chi connectivity index (χ3v) is 6.65. The molecule has 2 saturated heterocycles. The Morgan fingerprint density at radius 2 is 1.85 bits per heavy atom. The number of rotatable bonds is 5. The zero-order valence-corrected chi connectivity index (χ0v) is 18.5. The number of nitrogens with one attached hydrogen (secondary N) is 1. The number of nitrogens with zero attached hydrogens (tertiary/aromatic N) is 3. The number of hydrogen-bond donors (Lipinski definition) is 1. The maximum Gasteiger partial charge on any atom is 0.255 e. The van der Waals surface area contributed by atoms with Gasteiger partial charge in [-0.15, -0.1) is 24.8 Å². The van der Waals surface area contributed by atoms with Gasteiger partial charge in [0.2, 0.25) is 0 Å². The second-order valence-corrected chi connectivity index (χ2v) is 8.75. The number of fused-ring (bicyclic) bond motifs is 4. The molecule has 3 aliphatic rings. The van der Waals surface area contributed by atoms with Gasteiger partial charge >= 0.3 is 0 Å². The van der Waals surface area contributed by atoms with Gasteiger partial charge in [0.1, 0.15) is 0 Å². The molecule has 1 aromatic rings. The molecule has 2 fully saturated rings. The number of hydrogen-bond acceptors (Lipinski definition) is 5. The zero-order chi connectivity index (χ0) is 17.2. The van der Waals surface area contributed by atoms with Gasteiger partial charge in [0.05, 0.1) is 0 Å². The first-order valence-electron chi connectivity index (χ1n) is 9.61. The van der Waals surface area contributed by atoms with Crippen molar-refractivity contribution in [3.63, 3.8) is 0 Å². The first-order valence-corrected chi connectivity index (χ1v) is 11.0. The molecule has 27 heavy (non-hydrogen) atoms. The molecule has 3 aliphatic heterocycles. The van der Waals surface area contributed by atoms with E-state index in [0.29, 0.717) is 11.8 Å². The average molecular weight is 435 g/mol. The largest absolute Gasteiger partial charge is 0.316 e. The van der Waals surface area contributed by atoms with Crippen LogP contribution in [-0.4, -0.2) is 72.2 Å². The van der Waals surface area contributed by atoms with Crippen LogP contribution in [0.15, 0.2) is 16.9 Å². The van der Waals surface area contributed by atoms with E-state index in [-0.39, 0.29) is 30.4 Å². The number of piperazine rings is 1. The van der Waals surface area contributed by atoms with Gasteiger partial charge < -0.3 is 9.88 Å². The van der Waals surface area contributed by atoms with Gasteiger partial charge in [0.15, 0.2) is 0 Å². The van der Waals surface area contributed by atoms with Gasteiger partial charge in [-0.05, 0) is 31.2 Å². The van der Waals surface area contributed by atoms with Crippen molar-refractivity contribution in [2.75, 3.05) is 57.8 Å². The predicted molar refractivity (Wildman–Crippen MR) is 119 cm³/mol. The molecule has 1 N–H and O–H groups in total. The van der Waals surface area contributed by atoms with Crippen LogP contribution in [0.1, 0.15) is 23.6 Å². The van der Waals surface area contributed by atoms with Crippen LogP contribution >= 0.6 is 36.6 Å². The highest BCUT2D eigenvalue weighted by Gasteiger charge is 2.31. The molecule has 2 atom stereocenters. The van der Waals surface area contributed by atoms with E-state index in [1.807, 2.05) is 11.8 Å². The molecule has 0 aliphatic carbocycles. The van der Waals surface area contributed by atoms with E-state index >= 15 is 0 Å². The summed E-state index contributed by atoms with van der Waals surface area (Å²) in [6.45, 7) is 9.38. The lowest BCUT2D eigenvalue weighted by Crippen LogP contribution is -2.48. The highest BCUT2D eigenvalue weighted by atomic mass is 35.5. The Bertz CT molecular complexity index is 664. The second-order valence-electron chi connectivity index (χ2n) is 7.77. The van der Waals surface area contributed by atoms with E-state index in [1.165, 1.54) is 24.4 Å². The summed E-state index contributed by atoms with van der Waals surface area (Å²) in [4.78, 5) is 18.0. The summed E-state index contributed by atoms with van der Waals surface area (Å²) in [5.74, 6) is 2.36. The SMILES string of the molecule is CSCCN1CCN(Cc2ccc3n(c2=O)C[C@@H]2CNC[C@H]3C2)CC1.Cl.Cl. The fourth-order valence-corrected chi connectivity index (χ4v) is 5.03. The van der Waals surface area contributed by atoms with Gasteiger partial charge in [0.25, 0.3) is 5.56 Å². The average Bonchev–Trinajstić information content (AvgIpc) is 2.64. The highest BCUT2D eigenvalue weighted by molar-refractivity contribution is 7.98. The van der Waals surface area contributed by atoms with Gasteiger partial charge in [-0.2, -0.15) is 11.8 Å². The van der Waals surface area contributed by atoms with Crippen molar-refractivity contribution in [2.45, 2.75) is 25.4 Å². The van der Waals surface area contributed by atoms with Gasteiger partial charge in [-0.25, -0.2) is 0 Å². The van der Waals surface area contributed by atoms with Crippen LogP contribution < -0.4 is 10.9 Å². The van der Waals surface area contributed by atoms with Crippen LogP contribution in [0, 0.1) is 5.92 Å². The Labute approximate surface area is 179 Å². The molecule has 0 unspecified atom stereocenters. The lowest BCUT2D eigenvalue weighted by Gasteiger charge is -2.38. The van der Waals surface area contributed by atoms with Crippen molar-refractivity contribution < 1.29 is 0 Å². The quantitative estimate of drug-likeness (QED) is 0.765. The molecule has 0 aromatic carbocycles. The molecule has 8 heteroatoms.